The lowest BCUT2D eigenvalue weighted by Crippen LogP contribution is -2.31. The van der Waals surface area contributed by atoms with E-state index in [-0.39, 0.29) is 18.0 Å². The second kappa shape index (κ2) is 8.85. The van der Waals surface area contributed by atoms with Gasteiger partial charge in [-0.05, 0) is 56.6 Å². The third-order valence-corrected chi connectivity index (χ3v) is 4.23. The van der Waals surface area contributed by atoms with Crippen LogP contribution in [-0.2, 0) is 0 Å². The first-order valence-electron chi connectivity index (χ1n) is 8.22. The van der Waals surface area contributed by atoms with Crippen LogP contribution in [0.3, 0.4) is 0 Å². The molecule has 1 aromatic heterocycles. The van der Waals surface area contributed by atoms with Crippen molar-refractivity contribution < 1.29 is 14.6 Å². The number of likely N-dealkylation sites (tertiary alicyclic amines) is 1. The highest BCUT2D eigenvalue weighted by Crippen LogP contribution is 2.18. The topological polar surface area (TPSA) is 62.7 Å². The van der Waals surface area contributed by atoms with Crippen LogP contribution >= 0.6 is 12.4 Å². The van der Waals surface area contributed by atoms with Crippen molar-refractivity contribution in [3.8, 4) is 5.88 Å². The predicted molar refractivity (Wildman–Crippen MR) is 96.4 cm³/mol. The summed E-state index contributed by atoms with van der Waals surface area (Å²) < 4.78 is 5.73. The maximum atomic E-state index is 11.0. The van der Waals surface area contributed by atoms with Crippen molar-refractivity contribution in [3.05, 3.63) is 35.9 Å². The number of nitrogens with zero attached hydrogens (tertiary/aromatic N) is 2. The third kappa shape index (κ3) is 4.82. The van der Waals surface area contributed by atoms with Crippen LogP contribution in [0.5, 0.6) is 5.88 Å². The van der Waals surface area contributed by atoms with E-state index in [4.69, 9.17) is 9.84 Å². The molecule has 1 aliphatic rings. The molecule has 1 aliphatic heterocycles. The van der Waals surface area contributed by atoms with Gasteiger partial charge >= 0.3 is 5.97 Å². The van der Waals surface area contributed by atoms with Crippen LogP contribution in [0.4, 0.5) is 0 Å². The van der Waals surface area contributed by atoms with Gasteiger partial charge in [-0.15, -0.1) is 12.4 Å². The maximum absolute atomic E-state index is 11.0. The predicted octanol–water partition coefficient (Wildman–Crippen LogP) is 3.61. The van der Waals surface area contributed by atoms with Gasteiger partial charge in [0.2, 0.25) is 5.88 Å². The van der Waals surface area contributed by atoms with Crippen molar-refractivity contribution >= 4 is 29.3 Å². The number of carbonyl (C=O) groups is 1. The van der Waals surface area contributed by atoms with Crippen molar-refractivity contribution in [2.75, 3.05) is 26.2 Å². The summed E-state index contributed by atoms with van der Waals surface area (Å²) in [4.78, 5) is 17.9. The largest absolute Gasteiger partial charge is 0.478 e. The molecule has 2 aromatic rings. The molecule has 3 rings (SSSR count). The Balaban J connectivity index is 0.00000208. The fraction of sp³-hybridized carbons (Fsp3) is 0.444. The number of halogens is 1. The summed E-state index contributed by atoms with van der Waals surface area (Å²) in [5.41, 5.74) is 1.03. The molecule has 1 fully saturated rings. The first-order chi connectivity index (χ1) is 11.2. The van der Waals surface area contributed by atoms with Gasteiger partial charge in [0, 0.05) is 18.0 Å². The zero-order chi connectivity index (χ0) is 16.1. The average molecular weight is 351 g/mol. The van der Waals surface area contributed by atoms with E-state index in [0.717, 1.165) is 23.9 Å². The van der Waals surface area contributed by atoms with Gasteiger partial charge in [0.05, 0.1) is 17.7 Å². The molecule has 0 bridgehead atoms. The van der Waals surface area contributed by atoms with E-state index < -0.39 is 5.97 Å². The molecule has 6 heteroatoms. The quantitative estimate of drug-likeness (QED) is 0.806. The number of carboxylic acid groups (broad SMARTS) is 1. The number of pyridine rings is 1. The van der Waals surface area contributed by atoms with Gasteiger partial charge in [0.15, 0.2) is 0 Å². The molecule has 24 heavy (non-hydrogen) atoms. The van der Waals surface area contributed by atoms with Gasteiger partial charge in [-0.1, -0.05) is 6.42 Å². The minimum atomic E-state index is -0.926. The zero-order valence-electron chi connectivity index (χ0n) is 13.6. The van der Waals surface area contributed by atoms with E-state index in [1.807, 2.05) is 6.07 Å². The minimum absolute atomic E-state index is 0. The number of benzene rings is 1. The highest BCUT2D eigenvalue weighted by atomic mass is 35.5. The molecule has 1 N–H and O–H groups in total. The molecule has 0 amide bonds. The van der Waals surface area contributed by atoms with Gasteiger partial charge < -0.3 is 14.7 Å². The highest BCUT2D eigenvalue weighted by Gasteiger charge is 2.09. The third-order valence-electron chi connectivity index (χ3n) is 4.23. The number of ether oxygens (including phenoxy) is 1. The SMILES string of the molecule is Cl.O=C(O)c1ccc2nc(OCCCN3CCCCC3)ccc2c1. The number of piperidine rings is 1. The van der Waals surface area contributed by atoms with Gasteiger partial charge in [-0.25, -0.2) is 9.78 Å². The van der Waals surface area contributed by atoms with Gasteiger partial charge in [0.1, 0.15) is 0 Å². The molecule has 2 heterocycles. The van der Waals surface area contributed by atoms with Crippen molar-refractivity contribution in [1.29, 1.82) is 0 Å². The summed E-state index contributed by atoms with van der Waals surface area (Å²) in [5.74, 6) is -0.329. The Morgan fingerprint density at radius 3 is 2.71 bits per heavy atom. The number of rotatable bonds is 6. The van der Waals surface area contributed by atoms with Crippen molar-refractivity contribution in [2.24, 2.45) is 0 Å². The van der Waals surface area contributed by atoms with Crippen molar-refractivity contribution in [3.63, 3.8) is 0 Å². The van der Waals surface area contributed by atoms with Crippen LogP contribution in [0.2, 0.25) is 0 Å². The summed E-state index contributed by atoms with van der Waals surface area (Å²) in [6.07, 6.45) is 4.98. The number of carboxylic acids is 1. The molecule has 0 unspecified atom stereocenters. The Kier molecular flexibility index (Phi) is 6.82. The minimum Gasteiger partial charge on any atom is -0.478 e. The summed E-state index contributed by atoms with van der Waals surface area (Å²) in [7, 11) is 0. The molecule has 0 atom stereocenters. The molecule has 1 saturated heterocycles. The zero-order valence-corrected chi connectivity index (χ0v) is 14.4. The van der Waals surface area contributed by atoms with E-state index in [2.05, 4.69) is 9.88 Å². The first kappa shape index (κ1) is 18.5. The van der Waals surface area contributed by atoms with Crippen LogP contribution in [0.1, 0.15) is 36.0 Å². The Hall–Kier alpha value is -1.85. The molecule has 0 spiro atoms. The molecule has 1 aromatic carbocycles. The van der Waals surface area contributed by atoms with Crippen LogP contribution in [0.15, 0.2) is 30.3 Å². The molecule has 5 nitrogen and oxygen atoms in total. The molecular formula is C18H23ClN2O3. The Labute approximate surface area is 148 Å². The van der Waals surface area contributed by atoms with Gasteiger partial charge in [-0.2, -0.15) is 0 Å². The number of aromatic nitrogens is 1. The summed E-state index contributed by atoms with van der Waals surface area (Å²) in [5, 5.41) is 9.81. The lowest BCUT2D eigenvalue weighted by Gasteiger charge is -2.26. The summed E-state index contributed by atoms with van der Waals surface area (Å²) in [6.45, 7) is 4.15. The van der Waals surface area contributed by atoms with Crippen molar-refractivity contribution in [2.45, 2.75) is 25.7 Å². The smallest absolute Gasteiger partial charge is 0.335 e. The van der Waals surface area contributed by atoms with Gasteiger partial charge in [0.25, 0.3) is 0 Å². The van der Waals surface area contributed by atoms with E-state index >= 15 is 0 Å². The highest BCUT2D eigenvalue weighted by molar-refractivity contribution is 5.93. The second-order valence-corrected chi connectivity index (χ2v) is 5.97. The van der Waals surface area contributed by atoms with Crippen LogP contribution in [-0.4, -0.2) is 47.2 Å². The fourth-order valence-corrected chi connectivity index (χ4v) is 2.97. The molecular weight excluding hydrogens is 328 g/mol. The molecule has 0 saturated carbocycles. The van der Waals surface area contributed by atoms with Crippen molar-refractivity contribution in [1.82, 2.24) is 9.88 Å². The maximum Gasteiger partial charge on any atom is 0.335 e. The summed E-state index contributed by atoms with van der Waals surface area (Å²) >= 11 is 0. The standard InChI is InChI=1S/C18H22N2O3.ClH/c21-18(22)15-5-7-16-14(13-15)6-8-17(19-16)23-12-4-11-20-9-2-1-3-10-20;/h5-8,13H,1-4,9-12H2,(H,21,22);1H. The van der Waals surface area contributed by atoms with E-state index in [1.54, 1.807) is 24.3 Å². The average Bonchev–Trinajstić information content (AvgIpc) is 2.59. The molecule has 130 valence electrons. The number of hydrogen-bond acceptors (Lipinski definition) is 4. The number of fused-ring (bicyclic) bond motifs is 1. The molecule has 0 radical (unpaired) electrons. The normalized spacial score (nSPS) is 15.0. The van der Waals surface area contributed by atoms with E-state index in [9.17, 15) is 4.79 Å². The lowest BCUT2D eigenvalue weighted by molar-refractivity contribution is 0.0697. The second-order valence-electron chi connectivity index (χ2n) is 5.97. The number of hydrogen-bond donors (Lipinski definition) is 1. The van der Waals surface area contributed by atoms with Crippen LogP contribution in [0, 0.1) is 0 Å². The van der Waals surface area contributed by atoms with Crippen LogP contribution in [0.25, 0.3) is 10.9 Å². The Morgan fingerprint density at radius 2 is 1.96 bits per heavy atom. The fourth-order valence-electron chi connectivity index (χ4n) is 2.97. The Morgan fingerprint density at radius 1 is 1.17 bits per heavy atom. The lowest BCUT2D eigenvalue weighted by atomic mass is 10.1. The van der Waals surface area contributed by atoms with Crippen LogP contribution < -0.4 is 4.74 Å². The van der Waals surface area contributed by atoms with E-state index in [1.165, 1.54) is 32.4 Å². The molecule has 0 aliphatic carbocycles. The number of aromatic carboxylic acids is 1. The van der Waals surface area contributed by atoms with E-state index in [0.29, 0.717) is 12.5 Å². The summed E-state index contributed by atoms with van der Waals surface area (Å²) in [6, 6.07) is 8.57. The van der Waals surface area contributed by atoms with Gasteiger partial charge in [-0.3, -0.25) is 0 Å². The first-order valence-corrected chi connectivity index (χ1v) is 8.22. The Bertz CT molecular complexity index is 687. The monoisotopic (exact) mass is 350 g/mol.